The van der Waals surface area contributed by atoms with E-state index in [1.54, 1.807) is 0 Å². The quantitative estimate of drug-likeness (QED) is 0.690. The summed E-state index contributed by atoms with van der Waals surface area (Å²) in [6.07, 6.45) is 4.13. The average Bonchev–Trinajstić information content (AvgIpc) is 2.37. The van der Waals surface area contributed by atoms with E-state index in [4.69, 9.17) is 0 Å². The minimum atomic E-state index is 0.193. The Morgan fingerprint density at radius 2 is 2.21 bits per heavy atom. The van der Waals surface area contributed by atoms with Crippen LogP contribution in [-0.4, -0.2) is 49.6 Å². The topological polar surface area (TPSA) is 44.4 Å². The van der Waals surface area contributed by atoms with Crippen LogP contribution in [0.15, 0.2) is 0 Å². The van der Waals surface area contributed by atoms with Gasteiger partial charge >= 0.3 is 0 Å². The highest BCUT2D eigenvalue weighted by Gasteiger charge is 2.22. The number of nitrogens with zero attached hydrogens (tertiary/aromatic N) is 1. The molecule has 2 atom stereocenters. The van der Waals surface area contributed by atoms with Crippen molar-refractivity contribution < 1.29 is 4.79 Å². The van der Waals surface area contributed by atoms with Gasteiger partial charge in [-0.2, -0.15) is 0 Å². The van der Waals surface area contributed by atoms with Crippen LogP contribution in [0.25, 0.3) is 0 Å². The molecule has 2 N–H and O–H groups in total. The molecule has 1 rings (SSSR count). The van der Waals surface area contributed by atoms with E-state index in [9.17, 15) is 4.79 Å². The summed E-state index contributed by atoms with van der Waals surface area (Å²) in [5, 5.41) is 6.49. The minimum Gasteiger partial charge on any atom is -0.356 e. The number of hydrogen-bond donors (Lipinski definition) is 2. The monoisotopic (exact) mass is 269 g/mol. The number of piperidine rings is 1. The third kappa shape index (κ3) is 6.39. The van der Waals surface area contributed by atoms with Crippen molar-refractivity contribution in [1.29, 1.82) is 0 Å². The molecule has 2 unspecified atom stereocenters. The fourth-order valence-corrected chi connectivity index (χ4v) is 2.47. The zero-order valence-electron chi connectivity index (χ0n) is 13.0. The van der Waals surface area contributed by atoms with E-state index >= 15 is 0 Å². The van der Waals surface area contributed by atoms with Gasteiger partial charge in [0.2, 0.25) is 5.91 Å². The molecule has 0 saturated carbocycles. The summed E-state index contributed by atoms with van der Waals surface area (Å²) in [5.41, 5.74) is 0. The molecular formula is C15H31N3O. The predicted molar refractivity (Wildman–Crippen MR) is 80.2 cm³/mol. The third-order valence-corrected chi connectivity index (χ3v) is 4.23. The summed E-state index contributed by atoms with van der Waals surface area (Å²) in [5.74, 6) is 0.810. The summed E-state index contributed by atoms with van der Waals surface area (Å²) < 4.78 is 0. The first-order valence-corrected chi connectivity index (χ1v) is 7.71. The highest BCUT2D eigenvalue weighted by molar-refractivity contribution is 5.76. The Kier molecular flexibility index (Phi) is 7.39. The van der Waals surface area contributed by atoms with Crippen LogP contribution in [0.5, 0.6) is 0 Å². The smallest absolute Gasteiger partial charge is 0.221 e. The number of rotatable bonds is 7. The highest BCUT2D eigenvalue weighted by Crippen LogP contribution is 2.17. The molecule has 4 heteroatoms. The van der Waals surface area contributed by atoms with E-state index in [0.29, 0.717) is 24.4 Å². The summed E-state index contributed by atoms with van der Waals surface area (Å²) in [7, 11) is 2.13. The average molecular weight is 269 g/mol. The fourth-order valence-electron chi connectivity index (χ4n) is 2.47. The second-order valence-electron chi connectivity index (χ2n) is 6.16. The van der Waals surface area contributed by atoms with Crippen LogP contribution in [0.4, 0.5) is 0 Å². The minimum absolute atomic E-state index is 0.193. The molecule has 0 bridgehead atoms. The zero-order chi connectivity index (χ0) is 14.3. The Morgan fingerprint density at radius 3 is 2.84 bits per heavy atom. The Labute approximate surface area is 118 Å². The van der Waals surface area contributed by atoms with Gasteiger partial charge in [-0.25, -0.2) is 0 Å². The number of amides is 1. The lowest BCUT2D eigenvalue weighted by molar-refractivity contribution is -0.122. The summed E-state index contributed by atoms with van der Waals surface area (Å²) >= 11 is 0. The Balaban J connectivity index is 2.10. The first-order valence-electron chi connectivity index (χ1n) is 7.71. The van der Waals surface area contributed by atoms with E-state index in [1.807, 2.05) is 0 Å². The Hall–Kier alpha value is -0.610. The first kappa shape index (κ1) is 16.4. The van der Waals surface area contributed by atoms with Gasteiger partial charge in [0.05, 0.1) is 0 Å². The molecule has 0 spiro atoms. The van der Waals surface area contributed by atoms with Gasteiger partial charge in [0.15, 0.2) is 0 Å². The van der Waals surface area contributed by atoms with Crippen LogP contribution in [0.1, 0.15) is 46.5 Å². The van der Waals surface area contributed by atoms with Crippen LogP contribution >= 0.6 is 0 Å². The lowest BCUT2D eigenvalue weighted by Gasteiger charge is -2.29. The van der Waals surface area contributed by atoms with Crippen LogP contribution in [-0.2, 0) is 4.79 Å². The van der Waals surface area contributed by atoms with Gasteiger partial charge in [0.1, 0.15) is 0 Å². The number of carbonyl (C=O) groups excluding carboxylic acids is 1. The molecule has 0 radical (unpaired) electrons. The van der Waals surface area contributed by atoms with Crippen LogP contribution in [0, 0.1) is 5.92 Å². The van der Waals surface area contributed by atoms with Gasteiger partial charge in [-0.05, 0) is 59.2 Å². The molecular weight excluding hydrogens is 238 g/mol. The summed E-state index contributed by atoms with van der Waals surface area (Å²) in [4.78, 5) is 14.2. The molecule has 1 amide bonds. The Morgan fingerprint density at radius 1 is 1.47 bits per heavy atom. The fraction of sp³-hybridized carbons (Fsp3) is 0.933. The Bertz CT molecular complexity index is 268. The van der Waals surface area contributed by atoms with Crippen LogP contribution in [0.2, 0.25) is 0 Å². The second-order valence-corrected chi connectivity index (χ2v) is 6.16. The van der Waals surface area contributed by atoms with Gasteiger partial charge < -0.3 is 15.5 Å². The summed E-state index contributed by atoms with van der Waals surface area (Å²) in [6, 6.07) is 0.940. The number of carbonyl (C=O) groups is 1. The molecule has 0 aliphatic carbocycles. The number of hydrogen-bond acceptors (Lipinski definition) is 3. The standard InChI is InChI=1S/C15H31N3O/c1-12(2)18(4)10-6-9-17-15(19)11-14-13(3)7-5-8-16-14/h12-14,16H,5-11H2,1-4H3,(H,17,19). The van der Waals surface area contributed by atoms with Crippen molar-refractivity contribution in [2.24, 2.45) is 5.92 Å². The molecule has 0 aromatic rings. The van der Waals surface area contributed by atoms with E-state index < -0.39 is 0 Å². The van der Waals surface area contributed by atoms with Gasteiger partial charge in [-0.3, -0.25) is 4.79 Å². The van der Waals surface area contributed by atoms with Crippen molar-refractivity contribution in [2.75, 3.05) is 26.7 Å². The molecule has 1 saturated heterocycles. The van der Waals surface area contributed by atoms with E-state index in [-0.39, 0.29) is 5.91 Å². The molecule has 112 valence electrons. The molecule has 0 aromatic heterocycles. The lowest BCUT2D eigenvalue weighted by Crippen LogP contribution is -2.43. The van der Waals surface area contributed by atoms with Crippen molar-refractivity contribution in [1.82, 2.24) is 15.5 Å². The van der Waals surface area contributed by atoms with Crippen LogP contribution < -0.4 is 10.6 Å². The third-order valence-electron chi connectivity index (χ3n) is 4.23. The zero-order valence-corrected chi connectivity index (χ0v) is 13.0. The van der Waals surface area contributed by atoms with E-state index in [1.165, 1.54) is 12.8 Å². The van der Waals surface area contributed by atoms with Crippen LogP contribution in [0.3, 0.4) is 0 Å². The van der Waals surface area contributed by atoms with Crippen molar-refractivity contribution >= 4 is 5.91 Å². The van der Waals surface area contributed by atoms with Gasteiger partial charge in [-0.1, -0.05) is 6.92 Å². The maximum absolute atomic E-state index is 11.9. The molecule has 1 fully saturated rings. The van der Waals surface area contributed by atoms with Gasteiger partial charge in [0.25, 0.3) is 0 Å². The number of nitrogens with one attached hydrogen (secondary N) is 2. The maximum Gasteiger partial charge on any atom is 0.221 e. The van der Waals surface area contributed by atoms with E-state index in [2.05, 4.69) is 43.4 Å². The highest BCUT2D eigenvalue weighted by atomic mass is 16.1. The molecule has 1 aliphatic rings. The van der Waals surface area contributed by atoms with Crippen molar-refractivity contribution in [2.45, 2.75) is 58.5 Å². The largest absolute Gasteiger partial charge is 0.356 e. The lowest BCUT2D eigenvalue weighted by atomic mass is 9.90. The molecule has 1 aliphatic heterocycles. The maximum atomic E-state index is 11.9. The van der Waals surface area contributed by atoms with E-state index in [0.717, 1.165) is 26.1 Å². The summed E-state index contributed by atoms with van der Waals surface area (Å²) in [6.45, 7) is 9.50. The predicted octanol–water partition coefficient (Wildman–Crippen LogP) is 1.61. The van der Waals surface area contributed by atoms with Gasteiger partial charge in [-0.15, -0.1) is 0 Å². The van der Waals surface area contributed by atoms with Crippen molar-refractivity contribution in [3.8, 4) is 0 Å². The van der Waals surface area contributed by atoms with Crippen molar-refractivity contribution in [3.63, 3.8) is 0 Å². The van der Waals surface area contributed by atoms with Gasteiger partial charge in [0, 0.05) is 25.0 Å². The first-order chi connectivity index (χ1) is 9.00. The second kappa shape index (κ2) is 8.54. The van der Waals surface area contributed by atoms with Crippen molar-refractivity contribution in [3.05, 3.63) is 0 Å². The molecule has 4 nitrogen and oxygen atoms in total. The molecule has 19 heavy (non-hydrogen) atoms. The molecule has 1 heterocycles. The molecule has 0 aromatic carbocycles. The SMILES string of the molecule is CC1CCCNC1CC(=O)NCCCN(C)C(C)C. The normalized spacial score (nSPS) is 23.9.